The number of aromatic amines is 1. The number of piperazine rings is 1. The monoisotopic (exact) mass is 266 g/mol. The number of aliphatic carboxylic acids is 1. The molecule has 0 bridgehead atoms. The van der Waals surface area contributed by atoms with Gasteiger partial charge in [-0.15, -0.1) is 0 Å². The summed E-state index contributed by atoms with van der Waals surface area (Å²) < 4.78 is 0. The summed E-state index contributed by atoms with van der Waals surface area (Å²) in [6.07, 6.45) is 3.12. The van der Waals surface area contributed by atoms with Gasteiger partial charge in [0.2, 0.25) is 0 Å². The fourth-order valence-electron chi connectivity index (χ4n) is 2.55. The molecule has 1 aromatic heterocycles. The number of carbonyl (C=O) groups is 1. The second-order valence-corrected chi connectivity index (χ2v) is 5.94. The van der Waals surface area contributed by atoms with Crippen molar-refractivity contribution in [3.8, 4) is 0 Å². The first kappa shape index (κ1) is 14.0. The number of rotatable bonds is 3. The van der Waals surface area contributed by atoms with Gasteiger partial charge in [-0.05, 0) is 20.8 Å². The molecule has 0 aromatic carbocycles. The van der Waals surface area contributed by atoms with Gasteiger partial charge in [0.15, 0.2) is 6.04 Å². The molecule has 1 fully saturated rings. The fraction of sp³-hybridized carbons (Fsp3) is 0.692. The van der Waals surface area contributed by atoms with Crippen molar-refractivity contribution in [3.63, 3.8) is 0 Å². The summed E-state index contributed by atoms with van der Waals surface area (Å²) in [4.78, 5) is 22.7. The third-order valence-electron chi connectivity index (χ3n) is 3.68. The highest BCUT2D eigenvalue weighted by Crippen LogP contribution is 2.23. The van der Waals surface area contributed by atoms with E-state index in [1.54, 1.807) is 6.20 Å². The molecule has 19 heavy (non-hydrogen) atoms. The predicted octanol–water partition coefficient (Wildman–Crippen LogP) is 0.951. The number of nitrogens with one attached hydrogen (secondary N) is 1. The first-order chi connectivity index (χ1) is 8.89. The van der Waals surface area contributed by atoms with Gasteiger partial charge in [0.05, 0.1) is 18.2 Å². The minimum Gasteiger partial charge on any atom is -0.480 e. The lowest BCUT2D eigenvalue weighted by atomic mass is 10.0. The Morgan fingerprint density at radius 1 is 1.37 bits per heavy atom. The van der Waals surface area contributed by atoms with Crippen LogP contribution < -0.4 is 0 Å². The van der Waals surface area contributed by atoms with Crippen LogP contribution in [0.2, 0.25) is 0 Å². The van der Waals surface area contributed by atoms with Gasteiger partial charge in [-0.2, -0.15) is 0 Å². The van der Waals surface area contributed by atoms with E-state index in [1.807, 2.05) is 4.90 Å². The third kappa shape index (κ3) is 3.13. The predicted molar refractivity (Wildman–Crippen MR) is 71.9 cm³/mol. The maximum Gasteiger partial charge on any atom is 0.327 e. The molecule has 106 valence electrons. The summed E-state index contributed by atoms with van der Waals surface area (Å²) >= 11 is 0. The van der Waals surface area contributed by atoms with E-state index in [0.717, 1.165) is 26.2 Å². The van der Waals surface area contributed by atoms with Crippen molar-refractivity contribution in [2.75, 3.05) is 26.2 Å². The van der Waals surface area contributed by atoms with E-state index in [0.29, 0.717) is 5.69 Å². The van der Waals surface area contributed by atoms with E-state index in [-0.39, 0.29) is 5.54 Å². The van der Waals surface area contributed by atoms with Crippen LogP contribution in [0.15, 0.2) is 12.5 Å². The summed E-state index contributed by atoms with van der Waals surface area (Å²) in [5.74, 6) is -0.826. The number of hydrogen-bond acceptors (Lipinski definition) is 4. The smallest absolute Gasteiger partial charge is 0.327 e. The van der Waals surface area contributed by atoms with E-state index in [4.69, 9.17) is 0 Å². The zero-order valence-electron chi connectivity index (χ0n) is 11.8. The molecule has 0 saturated carbocycles. The highest BCUT2D eigenvalue weighted by molar-refractivity contribution is 5.74. The molecule has 6 heteroatoms. The standard InChI is InChI=1S/C13H22N4O2/c1-13(2,3)17-6-4-16(5-7-17)11(12(18)19)10-8-14-9-15-10/h8-9,11H,4-7H2,1-3H3,(H,14,15)(H,18,19). The Balaban J connectivity index is 2.05. The van der Waals surface area contributed by atoms with Crippen LogP contribution in [0.3, 0.4) is 0 Å². The van der Waals surface area contributed by atoms with Gasteiger partial charge in [-0.25, -0.2) is 4.98 Å². The highest BCUT2D eigenvalue weighted by atomic mass is 16.4. The van der Waals surface area contributed by atoms with Crippen LogP contribution >= 0.6 is 0 Å². The van der Waals surface area contributed by atoms with Crippen molar-refractivity contribution in [2.45, 2.75) is 32.4 Å². The number of aromatic nitrogens is 2. The Morgan fingerprint density at radius 3 is 2.42 bits per heavy atom. The summed E-state index contributed by atoms with van der Waals surface area (Å²) in [5.41, 5.74) is 0.787. The van der Waals surface area contributed by atoms with Gasteiger partial charge in [-0.3, -0.25) is 14.6 Å². The summed E-state index contributed by atoms with van der Waals surface area (Å²) in [6.45, 7) is 9.86. The average molecular weight is 266 g/mol. The van der Waals surface area contributed by atoms with Crippen LogP contribution in [-0.2, 0) is 4.79 Å². The van der Waals surface area contributed by atoms with Gasteiger partial charge in [0.25, 0.3) is 0 Å². The molecule has 2 heterocycles. The molecule has 0 amide bonds. The molecule has 0 radical (unpaired) electrons. The Bertz CT molecular complexity index is 416. The molecule has 1 aromatic rings. The lowest BCUT2D eigenvalue weighted by Gasteiger charge is -2.43. The number of carboxylic acids is 1. The van der Waals surface area contributed by atoms with Crippen LogP contribution in [0, 0.1) is 0 Å². The molecular weight excluding hydrogens is 244 g/mol. The molecule has 1 unspecified atom stereocenters. The van der Waals surface area contributed by atoms with E-state index in [9.17, 15) is 9.90 Å². The topological polar surface area (TPSA) is 72.5 Å². The molecule has 1 aliphatic rings. The molecular formula is C13H22N4O2. The minimum atomic E-state index is -0.826. The first-order valence-electron chi connectivity index (χ1n) is 6.60. The van der Waals surface area contributed by atoms with E-state index in [1.165, 1.54) is 6.33 Å². The molecule has 6 nitrogen and oxygen atoms in total. The molecule has 2 rings (SSSR count). The minimum absolute atomic E-state index is 0.138. The normalized spacial score (nSPS) is 20.4. The summed E-state index contributed by atoms with van der Waals surface area (Å²) in [7, 11) is 0. The van der Waals surface area contributed by atoms with Gasteiger partial charge in [-0.1, -0.05) is 0 Å². The maximum absolute atomic E-state index is 11.5. The number of nitrogens with zero attached hydrogens (tertiary/aromatic N) is 3. The first-order valence-corrected chi connectivity index (χ1v) is 6.60. The molecule has 0 aliphatic carbocycles. The highest BCUT2D eigenvalue weighted by Gasteiger charge is 2.33. The Labute approximate surface area is 113 Å². The largest absolute Gasteiger partial charge is 0.480 e. The van der Waals surface area contributed by atoms with Crippen LogP contribution in [0.4, 0.5) is 0 Å². The number of imidazole rings is 1. The van der Waals surface area contributed by atoms with Crippen LogP contribution in [0.5, 0.6) is 0 Å². The van der Waals surface area contributed by atoms with Gasteiger partial charge in [0, 0.05) is 31.7 Å². The fourth-order valence-corrected chi connectivity index (χ4v) is 2.55. The second kappa shape index (κ2) is 5.30. The van der Waals surface area contributed by atoms with E-state index < -0.39 is 12.0 Å². The molecule has 1 aliphatic heterocycles. The van der Waals surface area contributed by atoms with Crippen molar-refractivity contribution in [2.24, 2.45) is 0 Å². The average Bonchev–Trinajstić information content (AvgIpc) is 2.82. The van der Waals surface area contributed by atoms with Crippen LogP contribution in [0.1, 0.15) is 32.5 Å². The van der Waals surface area contributed by atoms with Gasteiger partial charge in [0.1, 0.15) is 0 Å². The Kier molecular flexibility index (Phi) is 3.91. The second-order valence-electron chi connectivity index (χ2n) is 5.94. The van der Waals surface area contributed by atoms with Crippen LogP contribution in [0.25, 0.3) is 0 Å². The van der Waals surface area contributed by atoms with Crippen molar-refractivity contribution in [3.05, 3.63) is 18.2 Å². The number of H-pyrrole nitrogens is 1. The maximum atomic E-state index is 11.5. The summed E-state index contributed by atoms with van der Waals surface area (Å²) in [5, 5.41) is 9.42. The van der Waals surface area contributed by atoms with Crippen molar-refractivity contribution < 1.29 is 9.90 Å². The third-order valence-corrected chi connectivity index (χ3v) is 3.68. The van der Waals surface area contributed by atoms with Gasteiger partial charge < -0.3 is 10.1 Å². The lowest BCUT2D eigenvalue weighted by Crippen LogP contribution is -2.54. The molecule has 2 N–H and O–H groups in total. The van der Waals surface area contributed by atoms with Crippen LogP contribution in [-0.4, -0.2) is 62.6 Å². The van der Waals surface area contributed by atoms with E-state index in [2.05, 4.69) is 35.6 Å². The zero-order chi connectivity index (χ0) is 14.0. The van der Waals surface area contributed by atoms with Crippen molar-refractivity contribution in [1.29, 1.82) is 0 Å². The Morgan fingerprint density at radius 2 is 2.00 bits per heavy atom. The van der Waals surface area contributed by atoms with E-state index >= 15 is 0 Å². The van der Waals surface area contributed by atoms with Crippen molar-refractivity contribution in [1.82, 2.24) is 19.8 Å². The molecule has 0 spiro atoms. The lowest BCUT2D eigenvalue weighted by molar-refractivity contribution is -0.144. The molecule has 1 atom stereocenters. The summed E-state index contributed by atoms with van der Waals surface area (Å²) in [6, 6.07) is -0.621. The molecule has 1 saturated heterocycles. The van der Waals surface area contributed by atoms with Crippen molar-refractivity contribution >= 4 is 5.97 Å². The number of carboxylic acid groups (broad SMARTS) is 1. The number of hydrogen-bond donors (Lipinski definition) is 2. The SMILES string of the molecule is CC(C)(C)N1CCN(C(C(=O)O)c2cnc[nH]2)CC1. The quantitative estimate of drug-likeness (QED) is 0.852. The Hall–Kier alpha value is -1.40. The zero-order valence-corrected chi connectivity index (χ0v) is 11.8. The van der Waals surface area contributed by atoms with Gasteiger partial charge >= 0.3 is 5.97 Å².